The molecule has 522 valence electrons. The molecule has 0 fully saturated rings. The summed E-state index contributed by atoms with van der Waals surface area (Å²) in [6.45, 7) is 33.3. The number of rotatable bonds is 9. The van der Waals surface area contributed by atoms with Crippen LogP contribution in [-0.4, -0.2) is 25.3 Å². The number of para-hydroxylation sites is 4. The molecule has 0 radical (unpaired) electrons. The number of hydrogen-bond donors (Lipinski definition) is 0. The predicted octanol–water partition coefficient (Wildman–Crippen LogP) is 22.0. The molecule has 0 bridgehead atoms. The fraction of sp³-hybridized carbons (Fsp3) is 0.202. The first-order chi connectivity index (χ1) is 49.8. The lowest BCUT2D eigenvalue weighted by molar-refractivity contribution is 0.561. The molecule has 13 aromatic carbocycles. The van der Waals surface area contributed by atoms with Gasteiger partial charge >= 0.3 is 0 Å². The average molecular weight is 1390 g/mol. The first-order valence-corrected chi connectivity index (χ1v) is 40.8. The second-order valence-corrected chi connectivity index (χ2v) is 41.0. The Hall–Kier alpha value is -10.6. The third-order valence-corrected chi connectivity index (χ3v) is 30.6. The van der Waals surface area contributed by atoms with Crippen molar-refractivity contribution in [1.82, 2.24) is 9.13 Å². The van der Waals surface area contributed by atoms with Gasteiger partial charge in [-0.05, 0) is 144 Å². The average Bonchev–Trinajstić information content (AvgIpc) is 1.18. The highest BCUT2D eigenvalue weighted by atomic mass is 28.3. The van der Waals surface area contributed by atoms with Crippen molar-refractivity contribution in [2.24, 2.45) is 5.41 Å². The minimum Gasteiger partial charge on any atom is -0.309 e. The van der Waals surface area contributed by atoms with Gasteiger partial charge in [-0.2, -0.15) is 5.26 Å². The third kappa shape index (κ3) is 16.1. The topological polar surface area (TPSA) is 33.6 Å². The first kappa shape index (κ1) is 74.6. The highest BCUT2D eigenvalue weighted by Gasteiger charge is 2.49. The molecule has 15 rings (SSSR count). The number of nitrogens with zero attached hydrogens (tertiary/aromatic N) is 3. The van der Waals surface area contributed by atoms with Gasteiger partial charge in [-0.15, -0.1) is 0 Å². The van der Waals surface area contributed by atoms with E-state index >= 15 is 0 Å². The van der Waals surface area contributed by atoms with Gasteiger partial charge in [0.25, 0.3) is 0 Å². The van der Waals surface area contributed by atoms with Crippen LogP contribution >= 0.6 is 0 Å². The molecule has 3 nitrogen and oxygen atoms in total. The Morgan fingerprint density at radius 2 is 0.500 bits per heavy atom. The molecule has 0 spiro atoms. The number of benzene rings is 13. The maximum absolute atomic E-state index is 8.15. The molecule has 2 heterocycles. The van der Waals surface area contributed by atoms with Gasteiger partial charge in [-0.25, -0.2) is 0 Å². The van der Waals surface area contributed by atoms with E-state index in [0.717, 1.165) is 0 Å². The zero-order valence-electron chi connectivity index (χ0n) is 63.8. The van der Waals surface area contributed by atoms with Gasteiger partial charge in [0.2, 0.25) is 0 Å². The number of aromatic nitrogens is 2. The Bertz CT molecular complexity index is 5010. The Morgan fingerprint density at radius 1 is 0.240 bits per heavy atom. The van der Waals surface area contributed by atoms with Crippen LogP contribution in [0.1, 0.15) is 121 Å². The molecule has 0 saturated carbocycles. The number of nitriles is 1. The van der Waals surface area contributed by atoms with Crippen LogP contribution in [0.2, 0.25) is 5.04 Å². The summed E-state index contributed by atoms with van der Waals surface area (Å²) in [5, 5.41) is 23.7. The molecule has 0 unspecified atom stereocenters. The lowest BCUT2D eigenvalue weighted by Crippen LogP contribution is -2.74. The SMILES string of the molecule is CC(C)(C)C#N.CC(C)(C)[Si](c1ccccc1)(c1ccccc1)c1ccccc1.CC(C)(C)c1ccc(-n2c3ccccc3c3ccccc32)cc1.CC(C)(C)c1cccc(-n2c3ccccc3c3ccccc32)c1.CC(C)(C)c1cccc([Si](c2ccccc2)(c2ccccc2)c2ccccc2)c1. The lowest BCUT2D eigenvalue weighted by atomic mass is 9.87. The molecule has 0 aliphatic carbocycles. The van der Waals surface area contributed by atoms with Gasteiger partial charge in [0.15, 0.2) is 16.1 Å². The Labute approximate surface area is 622 Å². The van der Waals surface area contributed by atoms with Crippen LogP contribution in [0.5, 0.6) is 0 Å². The molecular formula is C99H103N3Si2. The fourth-order valence-electron chi connectivity index (χ4n) is 14.8. The third-order valence-electron chi connectivity index (χ3n) is 20.0. The van der Waals surface area contributed by atoms with Gasteiger partial charge in [0.05, 0.1) is 28.1 Å². The van der Waals surface area contributed by atoms with E-state index in [-0.39, 0.29) is 26.7 Å². The van der Waals surface area contributed by atoms with Crippen LogP contribution in [0.25, 0.3) is 55.0 Å². The van der Waals surface area contributed by atoms with E-state index in [2.05, 4.69) is 450 Å². The molecule has 0 amide bonds. The van der Waals surface area contributed by atoms with E-state index in [1.54, 1.807) is 0 Å². The van der Waals surface area contributed by atoms with Crippen molar-refractivity contribution in [2.45, 2.75) is 125 Å². The van der Waals surface area contributed by atoms with Crippen LogP contribution < -0.4 is 36.3 Å². The molecule has 0 N–H and O–H groups in total. The second kappa shape index (κ2) is 31.5. The summed E-state index contributed by atoms with van der Waals surface area (Å²) in [6.07, 6.45) is 0. The number of hydrogen-bond acceptors (Lipinski definition) is 1. The lowest BCUT2D eigenvalue weighted by Gasteiger charge is -2.44. The largest absolute Gasteiger partial charge is 0.309 e. The molecule has 5 heteroatoms. The molecule has 104 heavy (non-hydrogen) atoms. The molecule has 0 aliphatic rings. The zero-order chi connectivity index (χ0) is 73.9. The summed E-state index contributed by atoms with van der Waals surface area (Å²) in [5.74, 6) is 0. The van der Waals surface area contributed by atoms with Crippen molar-refractivity contribution < 1.29 is 0 Å². The summed E-state index contributed by atoms with van der Waals surface area (Å²) < 4.78 is 4.73. The maximum atomic E-state index is 8.15. The summed E-state index contributed by atoms with van der Waals surface area (Å²) in [7, 11) is -4.54. The molecule has 15 aromatic rings. The smallest absolute Gasteiger partial charge is 0.179 e. The molecule has 2 aromatic heterocycles. The summed E-state index contributed by atoms with van der Waals surface area (Å²) in [4.78, 5) is 0. The van der Waals surface area contributed by atoms with Crippen molar-refractivity contribution in [2.75, 3.05) is 0 Å². The van der Waals surface area contributed by atoms with Gasteiger partial charge in [0, 0.05) is 38.3 Å². The zero-order valence-corrected chi connectivity index (χ0v) is 65.8. The minimum atomic E-state index is -2.41. The van der Waals surface area contributed by atoms with E-state index in [1.807, 2.05) is 20.8 Å². The number of fused-ring (bicyclic) bond motifs is 6. The Morgan fingerprint density at radius 3 is 0.798 bits per heavy atom. The van der Waals surface area contributed by atoms with Crippen LogP contribution in [-0.2, 0) is 16.2 Å². The quantitative estimate of drug-likeness (QED) is 0.105. The van der Waals surface area contributed by atoms with Crippen molar-refractivity contribution in [3.63, 3.8) is 0 Å². The highest BCUT2D eigenvalue weighted by molar-refractivity contribution is 7.20. The van der Waals surface area contributed by atoms with Crippen LogP contribution in [0.3, 0.4) is 0 Å². The fourth-order valence-corrected chi connectivity index (χ4v) is 25.2. The van der Waals surface area contributed by atoms with E-state index < -0.39 is 16.1 Å². The normalized spacial score (nSPS) is 12.0. The second-order valence-electron chi connectivity index (χ2n) is 32.5. The summed E-state index contributed by atoms with van der Waals surface area (Å²) >= 11 is 0. The standard InChI is InChI=1S/C28H28Si.2C22H21N.C22H24Si.C5H9N/c1-28(2,3)23-14-13-21-27(22-23)29(24-15-7-4-8-16-24,25-17-9-5-10-18-25)26-19-11-6-12-20-26;1-22(2,3)16-9-8-10-17(15-16)23-20-13-6-4-11-18(20)19-12-5-7-14-21(19)23;1-22(2,3)16-12-14-17(15-13-16)23-20-10-6-4-8-18(20)19-9-5-7-11-21(19)23;1-22(2,3)23(19-13-7-4-8-14-19,20-15-9-5-10-16-20)21-17-11-6-12-18-21;1-5(2,3)4-6/h4-22H,1-3H3;2*4-15H,1-3H3;4-18H,1-3H3;1-3H3. The van der Waals surface area contributed by atoms with Crippen LogP contribution in [0.15, 0.2) is 352 Å². The van der Waals surface area contributed by atoms with Gasteiger partial charge in [-0.3, -0.25) is 0 Å². The van der Waals surface area contributed by atoms with E-state index in [9.17, 15) is 0 Å². The minimum absolute atomic E-state index is 0.111. The van der Waals surface area contributed by atoms with Crippen molar-refractivity contribution >= 4 is 96.1 Å². The van der Waals surface area contributed by atoms with Crippen LogP contribution in [0.4, 0.5) is 0 Å². The predicted molar refractivity (Wildman–Crippen MR) is 456 cm³/mol. The Balaban J connectivity index is 0.000000136. The van der Waals surface area contributed by atoms with Crippen LogP contribution in [0, 0.1) is 16.7 Å². The summed E-state index contributed by atoms with van der Waals surface area (Å²) in [5.41, 5.74) is 11.9. The van der Waals surface area contributed by atoms with Gasteiger partial charge in [0.1, 0.15) is 0 Å². The van der Waals surface area contributed by atoms with Gasteiger partial charge in [-0.1, -0.05) is 386 Å². The molecule has 0 saturated heterocycles. The maximum Gasteiger partial charge on any atom is 0.179 e. The van der Waals surface area contributed by atoms with Gasteiger partial charge < -0.3 is 9.13 Å². The monoisotopic (exact) mass is 1390 g/mol. The first-order valence-electron chi connectivity index (χ1n) is 36.8. The van der Waals surface area contributed by atoms with Crippen molar-refractivity contribution in [1.29, 1.82) is 5.26 Å². The van der Waals surface area contributed by atoms with E-state index in [1.165, 1.54) is 108 Å². The van der Waals surface area contributed by atoms with Crippen molar-refractivity contribution in [3.05, 3.63) is 369 Å². The Kier molecular flexibility index (Phi) is 22.6. The molecular weight excluding hydrogens is 1290 g/mol. The highest BCUT2D eigenvalue weighted by Crippen LogP contribution is 2.38. The summed E-state index contributed by atoms with van der Waals surface area (Å²) in [6, 6.07) is 130. The van der Waals surface area contributed by atoms with Crippen molar-refractivity contribution in [3.8, 4) is 17.4 Å². The molecule has 0 atom stereocenters. The molecule has 0 aliphatic heterocycles. The van der Waals surface area contributed by atoms with E-state index in [0.29, 0.717) is 0 Å². The van der Waals surface area contributed by atoms with E-state index in [4.69, 9.17) is 5.26 Å².